The van der Waals surface area contributed by atoms with Crippen LogP contribution in [0.15, 0.2) is 91.0 Å². The van der Waals surface area contributed by atoms with Gasteiger partial charge in [-0.3, -0.25) is 0 Å². The zero-order chi connectivity index (χ0) is 27.6. The summed E-state index contributed by atoms with van der Waals surface area (Å²) < 4.78 is 0. The third kappa shape index (κ3) is 4.90. The van der Waals surface area contributed by atoms with Crippen LogP contribution in [-0.2, 0) is 4.79 Å². The van der Waals surface area contributed by atoms with E-state index in [0.717, 1.165) is 20.9 Å². The van der Waals surface area contributed by atoms with E-state index in [4.69, 9.17) is 10.4 Å². The number of fused-ring (bicyclic) bond motifs is 3. The van der Waals surface area contributed by atoms with Crippen LogP contribution in [0, 0.1) is 11.3 Å². The van der Waals surface area contributed by atoms with Gasteiger partial charge in [-0.2, -0.15) is 5.26 Å². The number of aliphatic carboxylic acids is 1. The van der Waals surface area contributed by atoms with Gasteiger partial charge in [0.05, 0.1) is 0 Å². The first-order valence-corrected chi connectivity index (χ1v) is 14.2. The first kappa shape index (κ1) is 25.6. The van der Waals surface area contributed by atoms with Crippen LogP contribution >= 0.6 is 11.3 Å². The zero-order valence-corrected chi connectivity index (χ0v) is 22.8. The molecule has 196 valence electrons. The third-order valence-corrected chi connectivity index (χ3v) is 8.87. The normalized spacial score (nSPS) is 18.0. The van der Waals surface area contributed by atoms with E-state index in [9.17, 15) is 4.79 Å². The Hall–Kier alpha value is -4.66. The fourth-order valence-electron chi connectivity index (χ4n) is 5.94. The van der Waals surface area contributed by atoms with Gasteiger partial charge in [0.2, 0.25) is 0 Å². The van der Waals surface area contributed by atoms with Crippen molar-refractivity contribution in [1.82, 2.24) is 0 Å². The van der Waals surface area contributed by atoms with Crippen LogP contribution < -0.4 is 4.90 Å². The minimum absolute atomic E-state index is 0.261. The number of thiophene rings is 1. The van der Waals surface area contributed by atoms with E-state index in [-0.39, 0.29) is 5.57 Å². The number of carboxylic acids is 1. The molecular formula is C35H28N2O2S. The monoisotopic (exact) mass is 540 g/mol. The Morgan fingerprint density at radius 3 is 2.33 bits per heavy atom. The van der Waals surface area contributed by atoms with Gasteiger partial charge >= 0.3 is 5.97 Å². The van der Waals surface area contributed by atoms with Crippen molar-refractivity contribution >= 4 is 53.0 Å². The lowest BCUT2D eigenvalue weighted by atomic mass is 9.96. The fourth-order valence-corrected chi connectivity index (χ4v) is 6.80. The summed E-state index contributed by atoms with van der Waals surface area (Å²) in [6.45, 7) is 3.84. The van der Waals surface area contributed by atoms with Gasteiger partial charge in [-0.25, -0.2) is 4.79 Å². The number of anilines is 2. The first-order valence-electron chi connectivity index (χ1n) is 13.4. The lowest BCUT2D eigenvalue weighted by molar-refractivity contribution is -0.132. The Kier molecular flexibility index (Phi) is 6.94. The van der Waals surface area contributed by atoms with E-state index in [2.05, 4.69) is 90.4 Å². The fraction of sp³-hybridized carbons (Fsp3) is 0.143. The number of benzene rings is 3. The molecule has 4 nitrogen and oxygen atoms in total. The van der Waals surface area contributed by atoms with Crippen LogP contribution in [0.25, 0.3) is 35.4 Å². The summed E-state index contributed by atoms with van der Waals surface area (Å²) in [4.78, 5) is 15.4. The minimum atomic E-state index is -1.21. The molecule has 1 aromatic heterocycles. The molecule has 6 rings (SSSR count). The minimum Gasteiger partial charge on any atom is -0.477 e. The maximum atomic E-state index is 11.1. The molecule has 0 radical (unpaired) electrons. The molecule has 2 unspecified atom stereocenters. The van der Waals surface area contributed by atoms with Gasteiger partial charge in [-0.15, -0.1) is 11.3 Å². The van der Waals surface area contributed by atoms with Gasteiger partial charge in [-0.1, -0.05) is 67.6 Å². The molecule has 0 bridgehead atoms. The number of hydrogen-bond donors (Lipinski definition) is 1. The highest BCUT2D eigenvalue weighted by Crippen LogP contribution is 2.52. The second-order valence-electron chi connectivity index (χ2n) is 10.2. The summed E-state index contributed by atoms with van der Waals surface area (Å²) in [5, 5.41) is 18.1. The molecule has 2 heterocycles. The summed E-state index contributed by atoms with van der Waals surface area (Å²) >= 11 is 1.46. The summed E-state index contributed by atoms with van der Waals surface area (Å²) in [5.41, 5.74) is 8.39. The van der Waals surface area contributed by atoms with Crippen molar-refractivity contribution in [3.63, 3.8) is 0 Å². The Balaban J connectivity index is 1.24. The van der Waals surface area contributed by atoms with E-state index in [1.165, 1.54) is 64.7 Å². The Morgan fingerprint density at radius 2 is 1.62 bits per heavy atom. The molecule has 0 amide bonds. The number of nitriles is 1. The molecule has 1 N–H and O–H groups in total. The average molecular weight is 541 g/mol. The van der Waals surface area contributed by atoms with Crippen molar-refractivity contribution in [2.45, 2.75) is 31.2 Å². The Labute approximate surface area is 238 Å². The average Bonchev–Trinajstić information content (AvgIpc) is 3.71. The Morgan fingerprint density at radius 1 is 0.925 bits per heavy atom. The highest BCUT2D eigenvalue weighted by molar-refractivity contribution is 7.13. The van der Waals surface area contributed by atoms with Crippen molar-refractivity contribution in [1.29, 1.82) is 5.26 Å². The van der Waals surface area contributed by atoms with E-state index >= 15 is 0 Å². The molecule has 1 aliphatic carbocycles. The third-order valence-electron chi connectivity index (χ3n) is 7.87. The Bertz CT molecular complexity index is 1690. The number of carbonyl (C=O) groups is 1. The van der Waals surface area contributed by atoms with Crippen LogP contribution in [0.5, 0.6) is 0 Å². The second-order valence-corrected chi connectivity index (χ2v) is 11.4. The van der Waals surface area contributed by atoms with Crippen molar-refractivity contribution in [3.05, 3.63) is 117 Å². The summed E-state index contributed by atoms with van der Waals surface area (Å²) in [7, 11) is 0. The van der Waals surface area contributed by atoms with Crippen molar-refractivity contribution in [2.24, 2.45) is 0 Å². The number of rotatable bonds is 7. The lowest BCUT2D eigenvalue weighted by Gasteiger charge is -2.27. The first-order chi connectivity index (χ1) is 19.5. The molecule has 0 spiro atoms. The van der Waals surface area contributed by atoms with E-state index in [0.29, 0.717) is 12.0 Å². The smallest absolute Gasteiger partial charge is 0.346 e. The molecule has 0 saturated heterocycles. The highest BCUT2D eigenvalue weighted by Gasteiger charge is 2.42. The highest BCUT2D eigenvalue weighted by atomic mass is 32.1. The molecule has 3 aromatic carbocycles. The molecule has 5 heteroatoms. The molecular weight excluding hydrogens is 512 g/mol. The van der Waals surface area contributed by atoms with Crippen LogP contribution in [0.1, 0.15) is 51.6 Å². The SMILES string of the molecule is C=Cc1ccc(-c2ccc(N3c4ccc(/C=C/c5ccc(/C=C(\C#N)C(=O)O)s5)cc4C4CCCC43)cc2)cc1. The maximum Gasteiger partial charge on any atom is 0.346 e. The lowest BCUT2D eigenvalue weighted by Crippen LogP contribution is -2.26. The van der Waals surface area contributed by atoms with Gasteiger partial charge in [0, 0.05) is 33.1 Å². The van der Waals surface area contributed by atoms with Crippen molar-refractivity contribution in [2.75, 3.05) is 4.90 Å². The van der Waals surface area contributed by atoms with Gasteiger partial charge in [0.15, 0.2) is 0 Å². The van der Waals surface area contributed by atoms with Crippen LogP contribution in [0.3, 0.4) is 0 Å². The second kappa shape index (κ2) is 10.8. The quantitative estimate of drug-likeness (QED) is 0.188. The zero-order valence-electron chi connectivity index (χ0n) is 22.0. The standard InChI is InChI=1S/C35H28N2O2S/c1-2-23-6-10-25(11-7-23)26-12-14-28(15-13-26)37-33-5-3-4-31(33)32-20-24(9-19-34(32)37)8-16-29-17-18-30(40-29)21-27(22-36)35(38)39/h2,6-21,31,33H,1,3-5H2,(H,38,39)/b16-8+,27-21+. The van der Waals surface area contributed by atoms with Crippen LogP contribution in [0.4, 0.5) is 11.4 Å². The van der Waals surface area contributed by atoms with Crippen molar-refractivity contribution in [3.8, 4) is 17.2 Å². The van der Waals surface area contributed by atoms with Crippen LogP contribution in [0.2, 0.25) is 0 Å². The molecule has 2 atom stereocenters. The van der Waals surface area contributed by atoms with E-state index in [1.807, 2.05) is 18.2 Å². The summed E-state index contributed by atoms with van der Waals surface area (Å²) in [6.07, 6.45) is 11.1. The molecule has 1 fully saturated rings. The van der Waals surface area contributed by atoms with Gasteiger partial charge in [-0.05, 0) is 89.2 Å². The molecule has 4 aromatic rings. The van der Waals surface area contributed by atoms with Crippen LogP contribution in [-0.4, -0.2) is 17.1 Å². The maximum absolute atomic E-state index is 11.1. The largest absolute Gasteiger partial charge is 0.477 e. The van der Waals surface area contributed by atoms with Gasteiger partial charge in [0.1, 0.15) is 11.6 Å². The van der Waals surface area contributed by atoms with Gasteiger partial charge in [0.25, 0.3) is 0 Å². The van der Waals surface area contributed by atoms with Crippen molar-refractivity contribution < 1.29 is 9.90 Å². The predicted molar refractivity (Wildman–Crippen MR) is 165 cm³/mol. The number of carboxylic acid groups (broad SMARTS) is 1. The van der Waals surface area contributed by atoms with Gasteiger partial charge < -0.3 is 10.0 Å². The van der Waals surface area contributed by atoms with E-state index < -0.39 is 5.97 Å². The molecule has 40 heavy (non-hydrogen) atoms. The predicted octanol–water partition coefficient (Wildman–Crippen LogP) is 9.01. The topological polar surface area (TPSA) is 64.3 Å². The summed E-state index contributed by atoms with van der Waals surface area (Å²) in [6, 6.07) is 30.2. The number of nitrogens with zero attached hydrogens (tertiary/aromatic N) is 2. The molecule has 2 aliphatic rings. The molecule has 1 saturated carbocycles. The van der Waals surface area contributed by atoms with E-state index in [1.54, 1.807) is 6.07 Å². The summed E-state index contributed by atoms with van der Waals surface area (Å²) in [5.74, 6) is -0.673. The number of hydrogen-bond acceptors (Lipinski definition) is 4. The molecule has 1 aliphatic heterocycles.